The van der Waals surface area contributed by atoms with Crippen LogP contribution in [0.5, 0.6) is 0 Å². The van der Waals surface area contributed by atoms with E-state index in [0.29, 0.717) is 23.4 Å². The monoisotopic (exact) mass is 430 g/mol. The van der Waals surface area contributed by atoms with Crippen LogP contribution < -0.4 is 20.3 Å². The Kier molecular flexibility index (Phi) is 6.99. The molecule has 0 atom stereocenters. The summed E-state index contributed by atoms with van der Waals surface area (Å²) < 4.78 is 28.6. The highest BCUT2D eigenvalue weighted by Gasteiger charge is 2.22. The molecular weight excluding hydrogens is 400 g/mol. The summed E-state index contributed by atoms with van der Waals surface area (Å²) in [6, 6.07) is 10.5. The van der Waals surface area contributed by atoms with E-state index < -0.39 is 10.0 Å². The van der Waals surface area contributed by atoms with E-state index in [4.69, 9.17) is 0 Å². The summed E-state index contributed by atoms with van der Waals surface area (Å²) in [6.07, 6.45) is 0.827. The number of piperazine rings is 1. The summed E-state index contributed by atoms with van der Waals surface area (Å²) in [5, 5.41) is 6.21. The molecule has 2 aromatic carbocycles. The number of hydrogen-bond acceptors (Lipinski definition) is 5. The predicted octanol–water partition coefficient (Wildman–Crippen LogP) is 2.65. The van der Waals surface area contributed by atoms with Gasteiger partial charge in [0.1, 0.15) is 0 Å². The SMILES string of the molecule is CCCNC(=O)c1cc(NS(=O)(=O)c2cc(C)ccc2C)ccc1N1CCNCC1. The molecule has 0 unspecified atom stereocenters. The number of carbonyl (C=O) groups is 1. The lowest BCUT2D eigenvalue weighted by atomic mass is 10.1. The molecule has 0 spiro atoms. The van der Waals surface area contributed by atoms with Crippen molar-refractivity contribution in [1.29, 1.82) is 0 Å². The Morgan fingerprint density at radius 3 is 2.53 bits per heavy atom. The molecule has 2 aromatic rings. The highest BCUT2D eigenvalue weighted by atomic mass is 32.2. The van der Waals surface area contributed by atoms with Crippen molar-refractivity contribution in [2.75, 3.05) is 42.3 Å². The maximum atomic E-state index is 13.0. The molecule has 162 valence electrons. The van der Waals surface area contributed by atoms with Gasteiger partial charge in [0.15, 0.2) is 0 Å². The van der Waals surface area contributed by atoms with E-state index in [1.807, 2.05) is 26.0 Å². The summed E-state index contributed by atoms with van der Waals surface area (Å²) in [5.41, 5.74) is 3.21. The maximum Gasteiger partial charge on any atom is 0.262 e. The van der Waals surface area contributed by atoms with Crippen LogP contribution in [0.3, 0.4) is 0 Å². The van der Waals surface area contributed by atoms with Crippen molar-refractivity contribution in [1.82, 2.24) is 10.6 Å². The van der Waals surface area contributed by atoms with E-state index in [1.54, 1.807) is 31.2 Å². The molecule has 0 aromatic heterocycles. The van der Waals surface area contributed by atoms with Gasteiger partial charge in [-0.3, -0.25) is 9.52 Å². The van der Waals surface area contributed by atoms with Crippen molar-refractivity contribution in [2.45, 2.75) is 32.1 Å². The van der Waals surface area contributed by atoms with Gasteiger partial charge in [0.05, 0.1) is 10.5 Å². The number of hydrogen-bond donors (Lipinski definition) is 3. The largest absolute Gasteiger partial charge is 0.368 e. The van der Waals surface area contributed by atoms with E-state index in [2.05, 4.69) is 20.3 Å². The number of rotatable bonds is 7. The number of aryl methyl sites for hydroxylation is 2. The first kappa shape index (κ1) is 22.1. The molecule has 8 heteroatoms. The standard InChI is InChI=1S/C22H30N4O3S/c1-4-9-24-22(27)19-15-18(7-8-20(19)26-12-10-23-11-13-26)25-30(28,29)21-14-16(2)5-6-17(21)3/h5-8,14-15,23,25H,4,9-13H2,1-3H3,(H,24,27). The summed E-state index contributed by atoms with van der Waals surface area (Å²) in [7, 11) is -3.77. The number of anilines is 2. The minimum absolute atomic E-state index is 0.196. The summed E-state index contributed by atoms with van der Waals surface area (Å²) in [5.74, 6) is -0.196. The van der Waals surface area contributed by atoms with E-state index in [-0.39, 0.29) is 10.8 Å². The molecule has 3 N–H and O–H groups in total. The molecule has 1 aliphatic rings. The molecule has 1 saturated heterocycles. The van der Waals surface area contributed by atoms with Crippen molar-refractivity contribution in [3.05, 3.63) is 53.1 Å². The molecule has 0 bridgehead atoms. The van der Waals surface area contributed by atoms with Gasteiger partial charge in [0, 0.05) is 44.1 Å². The number of nitrogens with zero attached hydrogens (tertiary/aromatic N) is 1. The highest BCUT2D eigenvalue weighted by molar-refractivity contribution is 7.92. The Labute approximate surface area is 178 Å². The van der Waals surface area contributed by atoms with Crippen molar-refractivity contribution in [3.63, 3.8) is 0 Å². The van der Waals surface area contributed by atoms with Crippen LogP contribution in [0.25, 0.3) is 0 Å². The molecule has 1 aliphatic heterocycles. The molecule has 1 amide bonds. The predicted molar refractivity (Wildman–Crippen MR) is 121 cm³/mol. The van der Waals surface area contributed by atoms with Crippen LogP contribution >= 0.6 is 0 Å². The van der Waals surface area contributed by atoms with Gasteiger partial charge in [0.2, 0.25) is 0 Å². The van der Waals surface area contributed by atoms with Gasteiger partial charge in [-0.15, -0.1) is 0 Å². The third-order valence-electron chi connectivity index (χ3n) is 5.12. The first-order valence-electron chi connectivity index (χ1n) is 10.3. The number of carbonyl (C=O) groups excluding carboxylic acids is 1. The average molecular weight is 431 g/mol. The fourth-order valence-corrected chi connectivity index (χ4v) is 4.88. The molecular formula is C22H30N4O3S. The Balaban J connectivity index is 1.95. The van der Waals surface area contributed by atoms with E-state index in [1.165, 1.54) is 0 Å². The Morgan fingerprint density at radius 1 is 1.10 bits per heavy atom. The van der Waals surface area contributed by atoms with Crippen LogP contribution in [-0.2, 0) is 10.0 Å². The average Bonchev–Trinajstić information content (AvgIpc) is 2.74. The summed E-state index contributed by atoms with van der Waals surface area (Å²) >= 11 is 0. The Bertz CT molecular complexity index is 1020. The van der Waals surface area contributed by atoms with Crippen LogP contribution in [0.4, 0.5) is 11.4 Å². The lowest BCUT2D eigenvalue weighted by molar-refractivity contribution is 0.0954. The third-order valence-corrected chi connectivity index (χ3v) is 6.64. The van der Waals surface area contributed by atoms with Crippen molar-refractivity contribution in [3.8, 4) is 0 Å². The van der Waals surface area contributed by atoms with Gasteiger partial charge in [-0.1, -0.05) is 19.1 Å². The summed E-state index contributed by atoms with van der Waals surface area (Å²) in [4.78, 5) is 15.2. The van der Waals surface area contributed by atoms with Crippen LogP contribution in [0.2, 0.25) is 0 Å². The molecule has 7 nitrogen and oxygen atoms in total. The fourth-order valence-electron chi connectivity index (χ4n) is 3.50. The quantitative estimate of drug-likeness (QED) is 0.628. The first-order valence-corrected chi connectivity index (χ1v) is 11.8. The number of sulfonamides is 1. The molecule has 1 heterocycles. The lowest BCUT2D eigenvalue weighted by Crippen LogP contribution is -2.44. The lowest BCUT2D eigenvalue weighted by Gasteiger charge is -2.31. The summed E-state index contributed by atoms with van der Waals surface area (Å²) in [6.45, 7) is 9.46. The van der Waals surface area contributed by atoms with Crippen LogP contribution in [-0.4, -0.2) is 47.0 Å². The molecule has 3 rings (SSSR count). The molecule has 1 fully saturated rings. The topological polar surface area (TPSA) is 90.5 Å². The second kappa shape index (κ2) is 9.49. The third kappa shape index (κ3) is 5.12. The Morgan fingerprint density at radius 2 is 1.83 bits per heavy atom. The number of amides is 1. The fraction of sp³-hybridized carbons (Fsp3) is 0.409. The smallest absolute Gasteiger partial charge is 0.262 e. The number of benzene rings is 2. The molecule has 30 heavy (non-hydrogen) atoms. The van der Waals surface area contributed by atoms with Gasteiger partial charge < -0.3 is 15.5 Å². The minimum Gasteiger partial charge on any atom is -0.368 e. The van der Waals surface area contributed by atoms with E-state index >= 15 is 0 Å². The van der Waals surface area contributed by atoms with Gasteiger partial charge in [-0.2, -0.15) is 0 Å². The van der Waals surface area contributed by atoms with E-state index in [9.17, 15) is 13.2 Å². The van der Waals surface area contributed by atoms with Crippen LogP contribution in [0, 0.1) is 13.8 Å². The highest BCUT2D eigenvalue weighted by Crippen LogP contribution is 2.27. The van der Waals surface area contributed by atoms with Gasteiger partial charge in [-0.05, 0) is 55.7 Å². The van der Waals surface area contributed by atoms with Crippen molar-refractivity contribution < 1.29 is 13.2 Å². The second-order valence-corrected chi connectivity index (χ2v) is 9.25. The zero-order chi connectivity index (χ0) is 21.7. The molecule has 0 saturated carbocycles. The van der Waals surface area contributed by atoms with Crippen molar-refractivity contribution in [2.24, 2.45) is 0 Å². The van der Waals surface area contributed by atoms with Gasteiger partial charge >= 0.3 is 0 Å². The zero-order valence-corrected chi connectivity index (χ0v) is 18.6. The van der Waals surface area contributed by atoms with Gasteiger partial charge in [-0.25, -0.2) is 8.42 Å². The van der Waals surface area contributed by atoms with E-state index in [0.717, 1.165) is 43.9 Å². The Hall–Kier alpha value is -2.58. The van der Waals surface area contributed by atoms with Crippen LogP contribution in [0.1, 0.15) is 34.8 Å². The normalized spacial score (nSPS) is 14.4. The molecule has 0 radical (unpaired) electrons. The number of nitrogens with one attached hydrogen (secondary N) is 3. The molecule has 0 aliphatic carbocycles. The van der Waals surface area contributed by atoms with Crippen molar-refractivity contribution >= 4 is 27.3 Å². The first-order chi connectivity index (χ1) is 14.3. The van der Waals surface area contributed by atoms with Crippen LogP contribution in [0.15, 0.2) is 41.3 Å². The minimum atomic E-state index is -3.77. The maximum absolute atomic E-state index is 13.0. The second-order valence-electron chi connectivity index (χ2n) is 7.60. The zero-order valence-electron chi connectivity index (χ0n) is 17.8. The van der Waals surface area contributed by atoms with Gasteiger partial charge in [0.25, 0.3) is 15.9 Å².